The average Bonchev–Trinajstić information content (AvgIpc) is 2.51. The summed E-state index contributed by atoms with van der Waals surface area (Å²) in [6, 6.07) is 8.61. The van der Waals surface area contributed by atoms with E-state index in [0.717, 1.165) is 6.08 Å². The van der Waals surface area contributed by atoms with Crippen LogP contribution in [0.25, 0.3) is 0 Å². The summed E-state index contributed by atoms with van der Waals surface area (Å²) < 4.78 is 4.75. The third-order valence-corrected chi connectivity index (χ3v) is 3.65. The lowest BCUT2D eigenvalue weighted by molar-refractivity contribution is -0.160. The molecule has 0 bridgehead atoms. The number of Topliss-reactive ketones (excluding diaryl/α,β-unsaturated/α-hetero) is 1. The lowest BCUT2D eigenvalue weighted by Gasteiger charge is -2.38. The van der Waals surface area contributed by atoms with E-state index in [1.165, 1.54) is 13.2 Å². The van der Waals surface area contributed by atoms with E-state index >= 15 is 0 Å². The number of methoxy groups -OCH3 is 1. The van der Waals surface area contributed by atoms with Gasteiger partial charge in [0.25, 0.3) is 0 Å². The summed E-state index contributed by atoms with van der Waals surface area (Å²) >= 11 is 0. The van der Waals surface area contributed by atoms with Crippen molar-refractivity contribution in [2.75, 3.05) is 7.11 Å². The Hall–Kier alpha value is -2.24. The summed E-state index contributed by atoms with van der Waals surface area (Å²) in [6.07, 6.45) is 0.345. The predicted molar refractivity (Wildman–Crippen MR) is 75.4 cm³/mol. The normalized spacial score (nSPS) is 27.0. The lowest BCUT2D eigenvalue weighted by atomic mass is 9.71. The van der Waals surface area contributed by atoms with Crippen molar-refractivity contribution in [2.24, 2.45) is 0 Å². The predicted octanol–water partition coefficient (Wildman–Crippen LogP) is 0.730. The van der Waals surface area contributed by atoms with Crippen LogP contribution in [0.4, 0.5) is 0 Å². The summed E-state index contributed by atoms with van der Waals surface area (Å²) in [5.74, 6) is -2.81. The van der Waals surface area contributed by atoms with E-state index in [1.807, 2.05) is 0 Å². The number of aliphatic hydroxyl groups is 2. The number of hydrogen-bond donors (Lipinski definition) is 2. The zero-order valence-electron chi connectivity index (χ0n) is 11.5. The van der Waals surface area contributed by atoms with E-state index < -0.39 is 29.2 Å². The van der Waals surface area contributed by atoms with Gasteiger partial charge in [-0.2, -0.15) is 0 Å². The lowest BCUT2D eigenvalue weighted by Crippen LogP contribution is -2.59. The van der Waals surface area contributed by atoms with Crippen LogP contribution in [0, 0.1) is 0 Å². The van der Waals surface area contributed by atoms with Crippen LogP contribution in [-0.4, -0.2) is 40.6 Å². The average molecular weight is 288 g/mol. The molecule has 110 valence electrons. The molecule has 1 aromatic carbocycles. The SMILES string of the molecule is C=CC(c1ccccc1)C1(O)C(=O)C=C(OC)C(=O)C1O. The second-order valence-electron chi connectivity index (χ2n) is 4.79. The second kappa shape index (κ2) is 5.63. The van der Waals surface area contributed by atoms with Gasteiger partial charge in [-0.05, 0) is 5.56 Å². The van der Waals surface area contributed by atoms with Crippen molar-refractivity contribution in [3.8, 4) is 0 Å². The summed E-state index contributed by atoms with van der Waals surface area (Å²) in [7, 11) is 1.22. The van der Waals surface area contributed by atoms with Crippen LogP contribution in [0.1, 0.15) is 11.5 Å². The molecule has 2 rings (SSSR count). The molecule has 1 aliphatic rings. The quantitative estimate of drug-likeness (QED) is 0.798. The molecule has 3 unspecified atom stereocenters. The molecule has 0 amide bonds. The number of ether oxygens (including phenoxy) is 1. The van der Waals surface area contributed by atoms with E-state index in [4.69, 9.17) is 4.74 Å². The van der Waals surface area contributed by atoms with Gasteiger partial charge in [0, 0.05) is 12.0 Å². The van der Waals surface area contributed by atoms with Crippen LogP contribution in [0.5, 0.6) is 0 Å². The first-order valence-corrected chi connectivity index (χ1v) is 6.39. The molecule has 0 fully saturated rings. The Morgan fingerprint density at radius 1 is 1.33 bits per heavy atom. The third kappa shape index (κ3) is 2.30. The molecule has 21 heavy (non-hydrogen) atoms. The Morgan fingerprint density at radius 2 is 1.95 bits per heavy atom. The van der Waals surface area contributed by atoms with Gasteiger partial charge in [0.05, 0.1) is 7.11 Å². The fourth-order valence-electron chi connectivity index (χ4n) is 2.49. The van der Waals surface area contributed by atoms with Crippen LogP contribution in [0.2, 0.25) is 0 Å². The number of carbonyl (C=O) groups excluding carboxylic acids is 2. The zero-order chi connectivity index (χ0) is 15.6. The maximum absolute atomic E-state index is 12.2. The van der Waals surface area contributed by atoms with Gasteiger partial charge in [-0.3, -0.25) is 9.59 Å². The highest BCUT2D eigenvalue weighted by molar-refractivity contribution is 6.14. The number of benzene rings is 1. The molecular weight excluding hydrogens is 272 g/mol. The molecule has 2 N–H and O–H groups in total. The minimum Gasteiger partial charge on any atom is -0.493 e. The van der Waals surface area contributed by atoms with Gasteiger partial charge >= 0.3 is 0 Å². The Bertz CT molecular complexity index is 604. The van der Waals surface area contributed by atoms with Gasteiger partial charge in [-0.1, -0.05) is 36.4 Å². The van der Waals surface area contributed by atoms with Crippen LogP contribution >= 0.6 is 0 Å². The first-order chi connectivity index (χ1) is 9.96. The third-order valence-electron chi connectivity index (χ3n) is 3.65. The Labute approximate surface area is 122 Å². The summed E-state index contributed by atoms with van der Waals surface area (Å²) in [5.41, 5.74) is -1.72. The van der Waals surface area contributed by atoms with Crippen molar-refractivity contribution in [1.82, 2.24) is 0 Å². The fraction of sp³-hybridized carbons (Fsp3) is 0.250. The van der Waals surface area contributed by atoms with Gasteiger partial charge in [0.1, 0.15) is 0 Å². The van der Waals surface area contributed by atoms with E-state index in [9.17, 15) is 19.8 Å². The van der Waals surface area contributed by atoms with E-state index in [-0.39, 0.29) is 5.76 Å². The highest BCUT2D eigenvalue weighted by Crippen LogP contribution is 2.37. The van der Waals surface area contributed by atoms with Crippen LogP contribution in [-0.2, 0) is 14.3 Å². The van der Waals surface area contributed by atoms with Crippen molar-refractivity contribution in [3.63, 3.8) is 0 Å². The molecule has 5 heteroatoms. The highest BCUT2D eigenvalue weighted by atomic mass is 16.5. The molecule has 0 radical (unpaired) electrons. The summed E-state index contributed by atoms with van der Waals surface area (Å²) in [6.45, 7) is 3.60. The molecule has 0 saturated carbocycles. The topological polar surface area (TPSA) is 83.8 Å². The first kappa shape index (κ1) is 15.2. The number of carbonyl (C=O) groups is 2. The van der Waals surface area contributed by atoms with Crippen molar-refractivity contribution in [3.05, 3.63) is 60.4 Å². The van der Waals surface area contributed by atoms with Gasteiger partial charge in [0.2, 0.25) is 5.78 Å². The van der Waals surface area contributed by atoms with Crippen LogP contribution < -0.4 is 0 Å². The van der Waals surface area contributed by atoms with Crippen molar-refractivity contribution >= 4 is 11.6 Å². The fourth-order valence-corrected chi connectivity index (χ4v) is 2.49. The molecule has 1 aliphatic carbocycles. The van der Waals surface area contributed by atoms with Gasteiger partial charge in [-0.15, -0.1) is 6.58 Å². The number of hydrogen-bond acceptors (Lipinski definition) is 5. The molecular formula is C16H16O5. The van der Waals surface area contributed by atoms with E-state index in [1.54, 1.807) is 30.3 Å². The van der Waals surface area contributed by atoms with E-state index in [0.29, 0.717) is 5.56 Å². The maximum atomic E-state index is 12.2. The Balaban J connectivity index is 2.54. The van der Waals surface area contributed by atoms with Crippen LogP contribution in [0.15, 0.2) is 54.8 Å². The largest absolute Gasteiger partial charge is 0.493 e. The highest BCUT2D eigenvalue weighted by Gasteiger charge is 2.55. The second-order valence-corrected chi connectivity index (χ2v) is 4.79. The monoisotopic (exact) mass is 288 g/mol. The van der Waals surface area contributed by atoms with Gasteiger partial charge < -0.3 is 14.9 Å². The number of aliphatic hydroxyl groups excluding tert-OH is 1. The Kier molecular flexibility index (Phi) is 4.06. The molecule has 0 aliphatic heterocycles. The molecule has 0 aromatic heterocycles. The standard InChI is InChI=1S/C16H16O5/c1-3-11(10-7-5-4-6-8-10)16(20)13(17)9-12(21-2)14(18)15(16)19/h3-9,11,15,19-20H,1H2,2H3. The van der Waals surface area contributed by atoms with Gasteiger partial charge in [0.15, 0.2) is 23.2 Å². The first-order valence-electron chi connectivity index (χ1n) is 6.39. The number of ketones is 2. The minimum absolute atomic E-state index is 0.270. The Morgan fingerprint density at radius 3 is 2.48 bits per heavy atom. The van der Waals surface area contributed by atoms with Crippen LogP contribution in [0.3, 0.4) is 0 Å². The van der Waals surface area contributed by atoms with Crippen molar-refractivity contribution in [2.45, 2.75) is 17.6 Å². The summed E-state index contributed by atoms with van der Waals surface area (Å²) in [5, 5.41) is 20.9. The molecule has 1 aromatic rings. The molecule has 0 heterocycles. The van der Waals surface area contributed by atoms with Crippen molar-refractivity contribution < 1.29 is 24.5 Å². The molecule has 3 atom stereocenters. The van der Waals surface area contributed by atoms with Gasteiger partial charge in [-0.25, -0.2) is 0 Å². The zero-order valence-corrected chi connectivity index (χ0v) is 11.5. The number of rotatable bonds is 4. The maximum Gasteiger partial charge on any atom is 0.229 e. The smallest absolute Gasteiger partial charge is 0.229 e. The molecule has 0 spiro atoms. The summed E-state index contributed by atoms with van der Waals surface area (Å²) in [4.78, 5) is 24.2. The molecule has 0 saturated heterocycles. The molecule has 5 nitrogen and oxygen atoms in total. The minimum atomic E-state index is -2.29. The van der Waals surface area contributed by atoms with Crippen molar-refractivity contribution in [1.29, 1.82) is 0 Å². The van der Waals surface area contributed by atoms with E-state index in [2.05, 4.69) is 6.58 Å².